The Hall–Kier alpha value is -4.03. The van der Waals surface area contributed by atoms with Crippen LogP contribution in [0.5, 0.6) is 5.75 Å². The highest BCUT2D eigenvalue weighted by molar-refractivity contribution is 5.97. The summed E-state index contributed by atoms with van der Waals surface area (Å²) in [5, 5.41) is 8.12. The topological polar surface area (TPSA) is 80.9 Å². The number of benzene rings is 3. The molecule has 1 atom stereocenters. The molecule has 3 aromatic carbocycles. The molecule has 186 valence electrons. The van der Waals surface area contributed by atoms with Crippen LogP contribution in [0.1, 0.15) is 47.2 Å². The maximum absolute atomic E-state index is 7.38. The maximum atomic E-state index is 7.38. The van der Waals surface area contributed by atoms with Crippen molar-refractivity contribution in [1.29, 1.82) is 0 Å². The molecule has 6 heteroatoms. The van der Waals surface area contributed by atoms with Gasteiger partial charge in [0.05, 0.1) is 11.2 Å². The van der Waals surface area contributed by atoms with Crippen LogP contribution in [0.15, 0.2) is 72.9 Å². The second-order valence-corrected chi connectivity index (χ2v) is 10.6. The van der Waals surface area contributed by atoms with Crippen molar-refractivity contribution in [2.24, 2.45) is 12.8 Å². The number of aromatic amines is 1. The molecule has 37 heavy (non-hydrogen) atoms. The average molecular weight is 490 g/mol. The summed E-state index contributed by atoms with van der Waals surface area (Å²) < 4.78 is 8.26. The smallest absolute Gasteiger partial charge is 0.127 e. The van der Waals surface area contributed by atoms with E-state index in [1.807, 2.05) is 17.8 Å². The standard InChI is InChI=1S/C31H31N5O/c1-19-9-10-22-13-21(19)18-37-25-8-3-5-20(14-25)26-16-30(33-24-6-4-7-24)34-28-12-11-23(15-27(26)28)31(22,32)29-17-36(2)35-29/h3,5,8-17,24,35H,4,6-7,18,32H2,1-2H3,(H,33,34). The van der Waals surface area contributed by atoms with E-state index in [0.29, 0.717) is 12.6 Å². The normalized spacial score (nSPS) is 19.0. The van der Waals surface area contributed by atoms with Crippen molar-refractivity contribution in [2.45, 2.75) is 44.4 Å². The largest absolute Gasteiger partial charge is 0.489 e. The van der Waals surface area contributed by atoms with Crippen molar-refractivity contribution in [1.82, 2.24) is 14.8 Å². The minimum absolute atomic E-state index is 0.476. The van der Waals surface area contributed by atoms with E-state index < -0.39 is 5.54 Å². The number of hydrogen-bond donors (Lipinski definition) is 3. The van der Waals surface area contributed by atoms with Crippen molar-refractivity contribution in [3.05, 3.63) is 101 Å². The Bertz CT molecular complexity index is 1630. The minimum atomic E-state index is -0.851. The van der Waals surface area contributed by atoms with E-state index in [1.54, 1.807) is 0 Å². The van der Waals surface area contributed by atoms with Gasteiger partial charge in [0.1, 0.15) is 23.7 Å². The fourth-order valence-corrected chi connectivity index (χ4v) is 5.58. The zero-order chi connectivity index (χ0) is 25.1. The van der Waals surface area contributed by atoms with Gasteiger partial charge in [-0.3, -0.25) is 9.78 Å². The average Bonchev–Trinajstić information content (AvgIpc) is 2.87. The lowest BCUT2D eigenvalue weighted by molar-refractivity contribution is 0.305. The molecule has 0 amide bonds. The lowest BCUT2D eigenvalue weighted by Gasteiger charge is -2.34. The highest BCUT2D eigenvalue weighted by Crippen LogP contribution is 2.40. The van der Waals surface area contributed by atoms with Crippen LogP contribution in [0.4, 0.5) is 5.82 Å². The molecule has 6 nitrogen and oxygen atoms in total. The Balaban J connectivity index is 1.50. The number of nitrogens with two attached hydrogens (primary N) is 1. The predicted molar refractivity (Wildman–Crippen MR) is 148 cm³/mol. The Morgan fingerprint density at radius 1 is 1.05 bits per heavy atom. The summed E-state index contributed by atoms with van der Waals surface area (Å²) >= 11 is 0. The van der Waals surface area contributed by atoms with Gasteiger partial charge in [0, 0.05) is 24.7 Å². The van der Waals surface area contributed by atoms with E-state index in [9.17, 15) is 0 Å². The first kappa shape index (κ1) is 22.2. The van der Waals surface area contributed by atoms with Gasteiger partial charge in [-0.2, -0.15) is 0 Å². The molecule has 2 aliphatic rings. The molecule has 1 aliphatic carbocycles. The van der Waals surface area contributed by atoms with E-state index in [0.717, 1.165) is 56.0 Å². The van der Waals surface area contributed by atoms with Crippen LogP contribution in [-0.2, 0) is 19.2 Å². The van der Waals surface area contributed by atoms with Gasteiger partial charge >= 0.3 is 0 Å². The van der Waals surface area contributed by atoms with Gasteiger partial charge < -0.3 is 15.8 Å². The number of rotatable bonds is 3. The summed E-state index contributed by atoms with van der Waals surface area (Å²) in [6, 6.07) is 24.0. The number of ether oxygens (including phenoxy) is 1. The van der Waals surface area contributed by atoms with Crippen LogP contribution in [0.25, 0.3) is 22.0 Å². The summed E-state index contributed by atoms with van der Waals surface area (Å²) in [7, 11) is 1.98. The van der Waals surface area contributed by atoms with Gasteiger partial charge in [-0.25, -0.2) is 4.98 Å². The zero-order valence-electron chi connectivity index (χ0n) is 21.2. The molecule has 6 bridgehead atoms. The van der Waals surface area contributed by atoms with Crippen molar-refractivity contribution >= 4 is 16.7 Å². The molecule has 0 radical (unpaired) electrons. The van der Waals surface area contributed by atoms with Gasteiger partial charge in [-0.1, -0.05) is 30.3 Å². The second-order valence-electron chi connectivity index (χ2n) is 10.6. The number of pyridine rings is 1. The predicted octanol–water partition coefficient (Wildman–Crippen LogP) is 5.98. The van der Waals surface area contributed by atoms with Crippen LogP contribution in [-0.4, -0.2) is 20.8 Å². The quantitative estimate of drug-likeness (QED) is 0.291. The lowest BCUT2D eigenvalue weighted by Crippen LogP contribution is -2.42. The molecule has 7 rings (SSSR count). The first-order chi connectivity index (χ1) is 18.0. The SMILES string of the molecule is Cc1ccc2cc1COc1cccc(c1)-c1cc(NC3CCC3)nc3ccc(cc13)C2(N)c1cn(C)[nH]1. The highest BCUT2D eigenvalue weighted by atomic mass is 16.5. The number of aryl methyl sites for hydroxylation is 2. The third kappa shape index (κ3) is 3.63. The van der Waals surface area contributed by atoms with E-state index in [2.05, 4.69) is 84.2 Å². The lowest BCUT2D eigenvalue weighted by atomic mass is 9.79. The summed E-state index contributed by atoms with van der Waals surface area (Å²) in [4.78, 5) is 5.01. The number of nitrogens with zero attached hydrogens (tertiary/aromatic N) is 2. The van der Waals surface area contributed by atoms with Crippen molar-refractivity contribution < 1.29 is 4.74 Å². The summed E-state index contributed by atoms with van der Waals surface area (Å²) in [6.45, 7) is 2.59. The zero-order valence-corrected chi connectivity index (χ0v) is 21.2. The Morgan fingerprint density at radius 2 is 1.86 bits per heavy atom. The molecule has 0 spiro atoms. The highest BCUT2D eigenvalue weighted by Gasteiger charge is 2.36. The molecule has 1 aliphatic heterocycles. The Labute approximate surface area is 216 Å². The third-order valence-electron chi connectivity index (χ3n) is 8.11. The molecule has 1 unspecified atom stereocenters. The number of anilines is 1. The molecule has 1 fully saturated rings. The van der Waals surface area contributed by atoms with Crippen LogP contribution < -0.4 is 15.8 Å². The summed E-state index contributed by atoms with van der Waals surface area (Å²) in [5.74, 6) is 1.77. The van der Waals surface area contributed by atoms with Gasteiger partial charge in [0.2, 0.25) is 0 Å². The molecule has 5 aromatic rings. The minimum Gasteiger partial charge on any atom is -0.489 e. The van der Waals surface area contributed by atoms with Crippen molar-refractivity contribution in [3.8, 4) is 16.9 Å². The maximum Gasteiger partial charge on any atom is 0.127 e. The van der Waals surface area contributed by atoms with Gasteiger partial charge in [-0.15, -0.1) is 0 Å². The Morgan fingerprint density at radius 3 is 2.65 bits per heavy atom. The van der Waals surface area contributed by atoms with E-state index >= 15 is 0 Å². The summed E-state index contributed by atoms with van der Waals surface area (Å²) in [6.07, 6.45) is 5.73. The van der Waals surface area contributed by atoms with Gasteiger partial charge in [-0.05, 0) is 96.0 Å². The Kier molecular flexibility index (Phi) is 4.95. The van der Waals surface area contributed by atoms with E-state index in [4.69, 9.17) is 15.5 Å². The molecular formula is C31H31N5O. The van der Waals surface area contributed by atoms with Crippen LogP contribution in [0, 0.1) is 6.92 Å². The number of nitrogens with one attached hydrogen (secondary N) is 2. The molecule has 0 saturated heterocycles. The fourth-order valence-electron chi connectivity index (χ4n) is 5.58. The first-order valence-corrected chi connectivity index (χ1v) is 13.0. The number of hydrogen-bond acceptors (Lipinski definition) is 4. The fraction of sp³-hybridized carbons (Fsp3) is 0.258. The third-order valence-corrected chi connectivity index (χ3v) is 8.11. The monoisotopic (exact) mass is 489 g/mol. The van der Waals surface area contributed by atoms with Crippen molar-refractivity contribution in [2.75, 3.05) is 5.32 Å². The van der Waals surface area contributed by atoms with Crippen LogP contribution >= 0.6 is 0 Å². The molecule has 1 saturated carbocycles. The van der Waals surface area contributed by atoms with E-state index in [1.165, 1.54) is 24.8 Å². The number of aromatic nitrogens is 3. The van der Waals surface area contributed by atoms with E-state index in [-0.39, 0.29) is 0 Å². The first-order valence-electron chi connectivity index (χ1n) is 13.0. The van der Waals surface area contributed by atoms with Gasteiger partial charge in [0.25, 0.3) is 0 Å². The number of H-pyrrole nitrogens is 1. The number of fused-ring (bicyclic) bond motifs is 6. The van der Waals surface area contributed by atoms with Crippen LogP contribution in [0.3, 0.4) is 0 Å². The molecular weight excluding hydrogens is 458 g/mol. The molecule has 4 N–H and O–H groups in total. The van der Waals surface area contributed by atoms with Crippen LogP contribution in [0.2, 0.25) is 0 Å². The molecule has 2 aromatic heterocycles. The van der Waals surface area contributed by atoms with Crippen molar-refractivity contribution in [3.63, 3.8) is 0 Å². The van der Waals surface area contributed by atoms with Gasteiger partial charge in [0.15, 0.2) is 0 Å². The second kappa shape index (κ2) is 8.25. The summed E-state index contributed by atoms with van der Waals surface area (Å²) in [5.41, 5.74) is 15.0. The molecule has 3 heterocycles.